The van der Waals surface area contributed by atoms with E-state index in [0.29, 0.717) is 6.54 Å². The van der Waals surface area contributed by atoms with Crippen molar-refractivity contribution >= 4 is 0 Å². The molecule has 0 saturated heterocycles. The van der Waals surface area contributed by atoms with E-state index in [0.717, 1.165) is 5.56 Å². The van der Waals surface area contributed by atoms with Gasteiger partial charge in [0, 0.05) is 12.1 Å². The number of hydrogen-bond donors (Lipinski definition) is 0. The monoisotopic (exact) mass is 183 g/mol. The lowest BCUT2D eigenvalue weighted by molar-refractivity contribution is -0.0454. The first-order valence-corrected chi connectivity index (χ1v) is 4.24. The van der Waals surface area contributed by atoms with Gasteiger partial charge in [0.25, 0.3) is 5.92 Å². The van der Waals surface area contributed by atoms with E-state index < -0.39 is 5.92 Å². The van der Waals surface area contributed by atoms with Crippen molar-refractivity contribution in [1.29, 1.82) is 0 Å². The highest BCUT2D eigenvalue weighted by Gasteiger charge is 2.38. The molecule has 2 rings (SSSR count). The van der Waals surface area contributed by atoms with Gasteiger partial charge in [-0.25, -0.2) is 0 Å². The van der Waals surface area contributed by atoms with E-state index in [-0.39, 0.29) is 12.1 Å². The van der Waals surface area contributed by atoms with Gasteiger partial charge in [0.2, 0.25) is 0 Å². The Morgan fingerprint density at radius 3 is 2.77 bits per heavy atom. The van der Waals surface area contributed by atoms with Crippen LogP contribution in [0.25, 0.3) is 0 Å². The number of hydrogen-bond acceptors (Lipinski definition) is 1. The topological polar surface area (TPSA) is 3.24 Å². The predicted octanol–water partition coefficient (Wildman–Crippen LogP) is 2.22. The Balaban J connectivity index is 2.50. The van der Waals surface area contributed by atoms with Crippen LogP contribution in [0.2, 0.25) is 0 Å². The van der Waals surface area contributed by atoms with Gasteiger partial charge in [-0.05, 0) is 12.6 Å². The molecule has 0 atom stereocenters. The summed E-state index contributed by atoms with van der Waals surface area (Å²) in [4.78, 5) is 1.64. The van der Waals surface area contributed by atoms with Crippen LogP contribution in [-0.4, -0.2) is 18.5 Å². The zero-order valence-electron chi connectivity index (χ0n) is 7.43. The molecule has 0 amide bonds. The second-order valence-corrected chi connectivity index (χ2v) is 3.53. The van der Waals surface area contributed by atoms with Crippen LogP contribution in [0.4, 0.5) is 8.78 Å². The first-order chi connectivity index (χ1) is 6.09. The zero-order valence-corrected chi connectivity index (χ0v) is 7.43. The van der Waals surface area contributed by atoms with Crippen molar-refractivity contribution < 1.29 is 8.78 Å². The molecule has 0 bridgehead atoms. The third-order valence-electron chi connectivity index (χ3n) is 2.32. The molecule has 1 nitrogen and oxygen atoms in total. The molecule has 13 heavy (non-hydrogen) atoms. The number of nitrogens with zero attached hydrogens (tertiary/aromatic N) is 1. The van der Waals surface area contributed by atoms with Crippen LogP contribution in [0.3, 0.4) is 0 Å². The van der Waals surface area contributed by atoms with Gasteiger partial charge in [-0.3, -0.25) is 4.90 Å². The molecule has 0 spiro atoms. The third-order valence-corrected chi connectivity index (χ3v) is 2.32. The summed E-state index contributed by atoms with van der Waals surface area (Å²) in [6, 6.07) is 6.74. The van der Waals surface area contributed by atoms with Gasteiger partial charge in [-0.1, -0.05) is 24.3 Å². The summed E-state index contributed by atoms with van der Waals surface area (Å²) in [5.74, 6) is -2.69. The van der Waals surface area contributed by atoms with Crippen molar-refractivity contribution in [3.63, 3.8) is 0 Å². The maximum atomic E-state index is 13.4. The van der Waals surface area contributed by atoms with Gasteiger partial charge in [0.1, 0.15) is 0 Å². The highest BCUT2D eigenvalue weighted by Crippen LogP contribution is 2.35. The fourth-order valence-electron chi connectivity index (χ4n) is 1.79. The van der Waals surface area contributed by atoms with E-state index in [1.165, 1.54) is 6.07 Å². The minimum atomic E-state index is -2.69. The number of likely N-dealkylation sites (N-methyl/N-ethyl adjacent to an activating group) is 1. The van der Waals surface area contributed by atoms with Gasteiger partial charge in [-0.2, -0.15) is 8.78 Å². The normalized spacial score (nSPS) is 21.2. The average molecular weight is 183 g/mol. The van der Waals surface area contributed by atoms with E-state index in [2.05, 4.69) is 0 Å². The molecule has 70 valence electrons. The Morgan fingerprint density at radius 2 is 2.00 bits per heavy atom. The standard InChI is InChI=1S/C10H11F2N/c1-13-6-8-4-2-3-5-9(8)10(11,12)7-13/h2-5H,6-7H2,1H3. The largest absolute Gasteiger partial charge is 0.296 e. The van der Waals surface area contributed by atoms with Crippen molar-refractivity contribution in [3.05, 3.63) is 35.4 Å². The SMILES string of the molecule is CN1Cc2ccccc2C(F)(F)C1. The number of fused-ring (bicyclic) bond motifs is 1. The molecule has 0 aromatic heterocycles. The summed E-state index contributed by atoms with van der Waals surface area (Å²) in [7, 11) is 1.71. The van der Waals surface area contributed by atoms with Crippen LogP contribution < -0.4 is 0 Å². The lowest BCUT2D eigenvalue weighted by atomic mass is 9.97. The van der Waals surface area contributed by atoms with E-state index >= 15 is 0 Å². The molecule has 0 aliphatic carbocycles. The Labute approximate surface area is 76.0 Å². The summed E-state index contributed by atoms with van der Waals surface area (Å²) in [5, 5.41) is 0. The average Bonchev–Trinajstić information content (AvgIpc) is 2.02. The first-order valence-electron chi connectivity index (χ1n) is 4.24. The van der Waals surface area contributed by atoms with Crippen LogP contribution in [0.15, 0.2) is 24.3 Å². The summed E-state index contributed by atoms with van der Waals surface area (Å²) >= 11 is 0. The zero-order chi connectivity index (χ0) is 9.47. The van der Waals surface area contributed by atoms with Gasteiger partial charge >= 0.3 is 0 Å². The van der Waals surface area contributed by atoms with E-state index in [1.54, 1.807) is 30.1 Å². The molecule has 0 saturated carbocycles. The highest BCUT2D eigenvalue weighted by molar-refractivity contribution is 5.33. The Kier molecular flexibility index (Phi) is 1.84. The van der Waals surface area contributed by atoms with Crippen molar-refractivity contribution in [2.75, 3.05) is 13.6 Å². The number of benzene rings is 1. The van der Waals surface area contributed by atoms with Gasteiger partial charge in [0.15, 0.2) is 0 Å². The Bertz CT molecular complexity index is 322. The van der Waals surface area contributed by atoms with Crippen LogP contribution >= 0.6 is 0 Å². The first kappa shape index (κ1) is 8.63. The van der Waals surface area contributed by atoms with Crippen molar-refractivity contribution in [2.45, 2.75) is 12.5 Å². The minimum absolute atomic E-state index is 0.177. The van der Waals surface area contributed by atoms with Gasteiger partial charge < -0.3 is 0 Å². The molecular formula is C10H11F2N. The van der Waals surface area contributed by atoms with Gasteiger partial charge in [0.05, 0.1) is 6.54 Å². The number of rotatable bonds is 0. The molecular weight excluding hydrogens is 172 g/mol. The van der Waals surface area contributed by atoms with Crippen LogP contribution in [0, 0.1) is 0 Å². The quantitative estimate of drug-likeness (QED) is 0.596. The molecule has 1 aliphatic heterocycles. The summed E-state index contributed by atoms with van der Waals surface area (Å²) in [6.07, 6.45) is 0. The smallest absolute Gasteiger partial charge is 0.285 e. The maximum absolute atomic E-state index is 13.4. The van der Waals surface area contributed by atoms with E-state index in [4.69, 9.17) is 0 Å². The molecule has 0 radical (unpaired) electrons. The van der Waals surface area contributed by atoms with Gasteiger partial charge in [-0.15, -0.1) is 0 Å². The summed E-state index contributed by atoms with van der Waals surface area (Å²) < 4.78 is 26.8. The molecule has 0 unspecified atom stereocenters. The van der Waals surface area contributed by atoms with Crippen LogP contribution in [-0.2, 0) is 12.5 Å². The fourth-order valence-corrected chi connectivity index (χ4v) is 1.79. The lowest BCUT2D eigenvalue weighted by Gasteiger charge is -2.31. The summed E-state index contributed by atoms with van der Waals surface area (Å²) in [5.41, 5.74) is 0.925. The maximum Gasteiger partial charge on any atom is 0.285 e. The second kappa shape index (κ2) is 2.77. The fraction of sp³-hybridized carbons (Fsp3) is 0.400. The highest BCUT2D eigenvalue weighted by atomic mass is 19.3. The minimum Gasteiger partial charge on any atom is -0.296 e. The molecule has 1 aliphatic rings. The van der Waals surface area contributed by atoms with E-state index in [9.17, 15) is 8.78 Å². The Morgan fingerprint density at radius 1 is 1.31 bits per heavy atom. The predicted molar refractivity (Wildman–Crippen MR) is 46.7 cm³/mol. The van der Waals surface area contributed by atoms with Crippen molar-refractivity contribution in [1.82, 2.24) is 4.90 Å². The second-order valence-electron chi connectivity index (χ2n) is 3.53. The Hall–Kier alpha value is -0.960. The number of halogens is 2. The van der Waals surface area contributed by atoms with E-state index in [1.807, 2.05) is 0 Å². The van der Waals surface area contributed by atoms with Crippen molar-refractivity contribution in [3.8, 4) is 0 Å². The van der Waals surface area contributed by atoms with Crippen LogP contribution in [0.5, 0.6) is 0 Å². The molecule has 1 heterocycles. The summed E-state index contributed by atoms with van der Waals surface area (Å²) in [6.45, 7) is 0.440. The third kappa shape index (κ3) is 1.44. The molecule has 1 aromatic carbocycles. The van der Waals surface area contributed by atoms with Crippen molar-refractivity contribution in [2.24, 2.45) is 0 Å². The molecule has 3 heteroatoms. The number of alkyl halides is 2. The van der Waals surface area contributed by atoms with Crippen LogP contribution in [0.1, 0.15) is 11.1 Å². The molecule has 1 aromatic rings. The molecule has 0 N–H and O–H groups in total. The molecule has 0 fully saturated rings. The lowest BCUT2D eigenvalue weighted by Crippen LogP contribution is -2.37.